The van der Waals surface area contributed by atoms with Crippen molar-refractivity contribution in [3.05, 3.63) is 24.0 Å². The molecule has 0 amide bonds. The average molecular weight is 229 g/mol. The minimum atomic E-state index is -0.898. The molecule has 0 aliphatic heterocycles. The van der Waals surface area contributed by atoms with E-state index >= 15 is 0 Å². The topological polar surface area (TPSA) is 63.3 Å². The third-order valence-corrected chi connectivity index (χ3v) is 3.15. The fourth-order valence-corrected chi connectivity index (χ4v) is 2.11. The number of thioether (sulfide) groups is 1. The van der Waals surface area contributed by atoms with Gasteiger partial charge in [-0.1, -0.05) is 6.92 Å². The molecule has 1 rings (SSSR count). The van der Waals surface area contributed by atoms with Crippen molar-refractivity contribution in [2.45, 2.75) is 23.5 Å². The molecule has 1 aromatic carbocycles. The van der Waals surface area contributed by atoms with Crippen molar-refractivity contribution in [1.29, 1.82) is 0 Å². The van der Waals surface area contributed by atoms with Crippen molar-refractivity contribution < 1.29 is 14.3 Å². The van der Waals surface area contributed by atoms with Gasteiger partial charge in [0.2, 0.25) is 0 Å². The first-order valence-corrected chi connectivity index (χ1v) is 5.36. The van der Waals surface area contributed by atoms with E-state index in [1.54, 1.807) is 13.0 Å². The van der Waals surface area contributed by atoms with E-state index in [9.17, 15) is 9.18 Å². The molecule has 0 spiro atoms. The lowest BCUT2D eigenvalue weighted by Crippen LogP contribution is -2.14. The highest BCUT2D eigenvalue weighted by molar-refractivity contribution is 8.00. The smallest absolute Gasteiger partial charge is 0.316 e. The van der Waals surface area contributed by atoms with E-state index in [0.717, 1.165) is 11.8 Å². The molecule has 3 N–H and O–H groups in total. The van der Waals surface area contributed by atoms with Gasteiger partial charge in [-0.05, 0) is 24.6 Å². The van der Waals surface area contributed by atoms with Crippen LogP contribution in [0.25, 0.3) is 0 Å². The Morgan fingerprint density at radius 2 is 2.27 bits per heavy atom. The Balaban J connectivity index is 2.83. The summed E-state index contributed by atoms with van der Waals surface area (Å²) in [6.07, 6.45) is 0.483. The van der Waals surface area contributed by atoms with Crippen LogP contribution in [0.15, 0.2) is 23.1 Å². The van der Waals surface area contributed by atoms with Crippen molar-refractivity contribution in [2.24, 2.45) is 0 Å². The molecule has 0 radical (unpaired) electrons. The van der Waals surface area contributed by atoms with Gasteiger partial charge in [-0.3, -0.25) is 4.79 Å². The molecule has 0 aliphatic carbocycles. The number of carboxylic acids is 1. The summed E-state index contributed by atoms with van der Waals surface area (Å²) in [4.78, 5) is 11.3. The zero-order valence-corrected chi connectivity index (χ0v) is 9.05. The van der Waals surface area contributed by atoms with E-state index in [1.165, 1.54) is 12.1 Å². The highest BCUT2D eigenvalue weighted by Gasteiger charge is 2.16. The normalized spacial score (nSPS) is 12.4. The fourth-order valence-electron chi connectivity index (χ4n) is 1.13. The van der Waals surface area contributed by atoms with Crippen molar-refractivity contribution in [3.8, 4) is 0 Å². The summed E-state index contributed by atoms with van der Waals surface area (Å²) in [5.74, 6) is -1.34. The lowest BCUT2D eigenvalue weighted by Gasteiger charge is -2.09. The van der Waals surface area contributed by atoms with Crippen molar-refractivity contribution in [2.75, 3.05) is 5.73 Å². The molecule has 0 saturated heterocycles. The van der Waals surface area contributed by atoms with E-state index in [4.69, 9.17) is 10.8 Å². The molecule has 3 nitrogen and oxygen atoms in total. The molecular formula is C10H12FNO2S. The number of rotatable bonds is 4. The summed E-state index contributed by atoms with van der Waals surface area (Å²) < 4.78 is 12.9. The zero-order valence-electron chi connectivity index (χ0n) is 8.24. The second kappa shape index (κ2) is 5.02. The molecule has 1 unspecified atom stereocenters. The largest absolute Gasteiger partial charge is 0.480 e. The SMILES string of the molecule is CCC(Sc1cc(N)cc(F)c1)C(=O)O. The maximum absolute atomic E-state index is 12.9. The maximum Gasteiger partial charge on any atom is 0.316 e. The third kappa shape index (κ3) is 3.43. The summed E-state index contributed by atoms with van der Waals surface area (Å²) in [6, 6.07) is 4.05. The molecule has 82 valence electrons. The van der Waals surface area contributed by atoms with Gasteiger partial charge in [0.15, 0.2) is 0 Å². The Labute approximate surface area is 91.5 Å². The first-order valence-electron chi connectivity index (χ1n) is 4.48. The molecule has 0 aliphatic rings. The van der Waals surface area contributed by atoms with E-state index in [-0.39, 0.29) is 0 Å². The summed E-state index contributed by atoms with van der Waals surface area (Å²) in [7, 11) is 0. The van der Waals surface area contributed by atoms with E-state index in [2.05, 4.69) is 0 Å². The van der Waals surface area contributed by atoms with Gasteiger partial charge < -0.3 is 10.8 Å². The molecule has 0 aromatic heterocycles. The zero-order chi connectivity index (χ0) is 11.4. The van der Waals surface area contributed by atoms with Crippen LogP contribution < -0.4 is 5.73 Å². The van der Waals surface area contributed by atoms with Crippen LogP contribution in [0.2, 0.25) is 0 Å². The molecular weight excluding hydrogens is 217 g/mol. The van der Waals surface area contributed by atoms with Gasteiger partial charge in [-0.25, -0.2) is 4.39 Å². The first-order chi connectivity index (χ1) is 7.02. The van der Waals surface area contributed by atoms with Crippen molar-refractivity contribution >= 4 is 23.4 Å². The number of carboxylic acid groups (broad SMARTS) is 1. The Kier molecular flexibility index (Phi) is 3.96. The van der Waals surface area contributed by atoms with Gasteiger partial charge in [0.05, 0.1) is 0 Å². The van der Waals surface area contributed by atoms with E-state index in [0.29, 0.717) is 17.0 Å². The minimum absolute atomic E-state index is 0.303. The Morgan fingerprint density at radius 1 is 1.60 bits per heavy atom. The van der Waals surface area contributed by atoms with E-state index < -0.39 is 17.0 Å². The number of benzene rings is 1. The molecule has 0 saturated carbocycles. The summed E-state index contributed by atoms with van der Waals surface area (Å²) >= 11 is 1.11. The number of hydrogen-bond donors (Lipinski definition) is 2. The van der Waals surface area contributed by atoms with Crippen molar-refractivity contribution in [3.63, 3.8) is 0 Å². The van der Waals surface area contributed by atoms with Crippen LogP contribution in [0.1, 0.15) is 13.3 Å². The van der Waals surface area contributed by atoms with Crippen LogP contribution in [0.4, 0.5) is 10.1 Å². The standard InChI is InChI=1S/C10H12FNO2S/c1-2-9(10(13)14)15-8-4-6(11)3-7(12)5-8/h3-5,9H,2,12H2,1H3,(H,13,14). The van der Waals surface area contributed by atoms with Crippen LogP contribution in [0, 0.1) is 5.82 Å². The molecule has 0 heterocycles. The third-order valence-electron chi connectivity index (χ3n) is 1.82. The summed E-state index contributed by atoms with van der Waals surface area (Å²) in [6.45, 7) is 1.77. The predicted octanol–water partition coefficient (Wildman–Crippen LogP) is 2.36. The Morgan fingerprint density at radius 3 is 2.73 bits per heavy atom. The van der Waals surface area contributed by atoms with Crippen LogP contribution in [0.3, 0.4) is 0 Å². The number of aliphatic carboxylic acids is 1. The second-order valence-corrected chi connectivity index (χ2v) is 4.35. The highest BCUT2D eigenvalue weighted by atomic mass is 32.2. The lowest BCUT2D eigenvalue weighted by molar-refractivity contribution is -0.136. The molecule has 5 heteroatoms. The van der Waals surface area contributed by atoms with Crippen molar-refractivity contribution in [1.82, 2.24) is 0 Å². The van der Waals surface area contributed by atoms with Crippen LogP contribution in [0.5, 0.6) is 0 Å². The predicted molar refractivity (Wildman–Crippen MR) is 58.4 cm³/mol. The quantitative estimate of drug-likeness (QED) is 0.614. The Hall–Kier alpha value is -1.23. The van der Waals surface area contributed by atoms with Gasteiger partial charge in [-0.15, -0.1) is 11.8 Å². The molecule has 0 fully saturated rings. The Bertz CT molecular complexity index is 350. The molecule has 1 atom stereocenters. The maximum atomic E-state index is 12.9. The van der Waals surface area contributed by atoms with Gasteiger partial charge in [0, 0.05) is 10.6 Å². The van der Waals surface area contributed by atoms with Crippen LogP contribution in [-0.4, -0.2) is 16.3 Å². The number of halogens is 1. The molecule has 0 bridgehead atoms. The highest BCUT2D eigenvalue weighted by Crippen LogP contribution is 2.27. The van der Waals surface area contributed by atoms with Crippen LogP contribution >= 0.6 is 11.8 Å². The summed E-state index contributed by atoms with van der Waals surface area (Å²) in [5, 5.41) is 8.26. The first kappa shape index (κ1) is 11.8. The number of nitrogens with two attached hydrogens (primary N) is 1. The lowest BCUT2D eigenvalue weighted by atomic mass is 10.3. The van der Waals surface area contributed by atoms with Crippen LogP contribution in [-0.2, 0) is 4.79 Å². The number of hydrogen-bond acceptors (Lipinski definition) is 3. The molecule has 1 aromatic rings. The summed E-state index contributed by atoms with van der Waals surface area (Å²) in [5.41, 5.74) is 5.76. The second-order valence-electron chi connectivity index (χ2n) is 3.07. The number of anilines is 1. The van der Waals surface area contributed by atoms with Gasteiger partial charge in [0.25, 0.3) is 0 Å². The minimum Gasteiger partial charge on any atom is -0.480 e. The monoisotopic (exact) mass is 229 g/mol. The number of carbonyl (C=O) groups is 1. The molecule has 15 heavy (non-hydrogen) atoms. The average Bonchev–Trinajstić information content (AvgIpc) is 2.12. The van der Waals surface area contributed by atoms with Gasteiger partial charge in [0.1, 0.15) is 11.1 Å². The van der Waals surface area contributed by atoms with Gasteiger partial charge >= 0.3 is 5.97 Å². The van der Waals surface area contributed by atoms with Gasteiger partial charge in [-0.2, -0.15) is 0 Å². The van der Waals surface area contributed by atoms with E-state index in [1.807, 2.05) is 0 Å². The number of nitrogen functional groups attached to an aromatic ring is 1. The fraction of sp³-hybridized carbons (Fsp3) is 0.300.